The summed E-state index contributed by atoms with van der Waals surface area (Å²) in [6, 6.07) is 8.34. The first-order valence-corrected chi connectivity index (χ1v) is 7.62. The fraction of sp³-hybridized carbons (Fsp3) is 0.471. The average Bonchev–Trinajstić information content (AvgIpc) is 2.99. The summed E-state index contributed by atoms with van der Waals surface area (Å²) in [4.78, 5) is 4.03. The van der Waals surface area contributed by atoms with Crippen molar-refractivity contribution in [2.75, 3.05) is 13.2 Å². The molecule has 114 valence electrons. The molecule has 2 rings (SSSR count). The van der Waals surface area contributed by atoms with Gasteiger partial charge in [-0.05, 0) is 36.6 Å². The van der Waals surface area contributed by atoms with Crippen molar-refractivity contribution in [1.29, 1.82) is 0 Å². The molecule has 1 heterocycles. The van der Waals surface area contributed by atoms with E-state index >= 15 is 0 Å². The number of rotatable bonds is 9. The number of benzene rings is 1. The number of aromatic nitrogens is 2. The summed E-state index contributed by atoms with van der Waals surface area (Å²) in [5, 5.41) is 3.46. The van der Waals surface area contributed by atoms with Crippen LogP contribution >= 0.6 is 0 Å². The Labute approximate surface area is 127 Å². The quantitative estimate of drug-likeness (QED) is 0.720. The van der Waals surface area contributed by atoms with Crippen LogP contribution in [-0.2, 0) is 13.1 Å². The number of nitrogens with one attached hydrogen (secondary N) is 1. The third kappa shape index (κ3) is 6.00. The van der Waals surface area contributed by atoms with E-state index in [1.54, 1.807) is 0 Å². The van der Waals surface area contributed by atoms with E-state index in [9.17, 15) is 0 Å². The molecule has 0 aliphatic rings. The largest absolute Gasteiger partial charge is 0.493 e. The van der Waals surface area contributed by atoms with Gasteiger partial charge in [0.1, 0.15) is 5.75 Å². The molecule has 1 aromatic heterocycles. The van der Waals surface area contributed by atoms with Crippen LogP contribution in [0.3, 0.4) is 0 Å². The summed E-state index contributed by atoms with van der Waals surface area (Å²) in [6.45, 7) is 7.99. The summed E-state index contributed by atoms with van der Waals surface area (Å²) < 4.78 is 7.78. The van der Waals surface area contributed by atoms with Gasteiger partial charge >= 0.3 is 0 Å². The van der Waals surface area contributed by atoms with Gasteiger partial charge in [0.05, 0.1) is 12.9 Å². The molecule has 0 radical (unpaired) electrons. The third-order valence-electron chi connectivity index (χ3n) is 3.16. The van der Waals surface area contributed by atoms with Crippen molar-refractivity contribution in [2.24, 2.45) is 5.92 Å². The first kappa shape index (κ1) is 15.6. The molecule has 0 unspecified atom stereocenters. The van der Waals surface area contributed by atoms with Crippen LogP contribution in [0.1, 0.15) is 25.8 Å². The molecule has 0 spiro atoms. The van der Waals surface area contributed by atoms with E-state index in [4.69, 9.17) is 4.74 Å². The van der Waals surface area contributed by atoms with Gasteiger partial charge in [-0.25, -0.2) is 4.98 Å². The van der Waals surface area contributed by atoms with Crippen molar-refractivity contribution in [1.82, 2.24) is 14.9 Å². The summed E-state index contributed by atoms with van der Waals surface area (Å²) >= 11 is 0. The Balaban J connectivity index is 1.62. The van der Waals surface area contributed by atoms with Crippen molar-refractivity contribution in [3.8, 4) is 5.75 Å². The lowest BCUT2D eigenvalue weighted by Crippen LogP contribution is -2.16. The zero-order chi connectivity index (χ0) is 14.9. The van der Waals surface area contributed by atoms with Crippen molar-refractivity contribution < 1.29 is 4.74 Å². The van der Waals surface area contributed by atoms with Gasteiger partial charge in [0.15, 0.2) is 0 Å². The summed E-state index contributed by atoms with van der Waals surface area (Å²) in [5.74, 6) is 1.51. The SMILES string of the molecule is CC(C)COc1ccc(CNCCCn2ccnc2)cc1. The van der Waals surface area contributed by atoms with Crippen molar-refractivity contribution >= 4 is 0 Å². The van der Waals surface area contributed by atoms with Gasteiger partial charge in [-0.1, -0.05) is 26.0 Å². The highest BCUT2D eigenvalue weighted by Gasteiger charge is 1.98. The standard InChI is InChI=1S/C17H25N3O/c1-15(2)13-21-17-6-4-16(5-7-17)12-18-8-3-10-20-11-9-19-14-20/h4-7,9,11,14-15,18H,3,8,10,12-13H2,1-2H3. The maximum atomic E-state index is 5.68. The first-order chi connectivity index (χ1) is 10.2. The Hall–Kier alpha value is -1.81. The normalized spacial score (nSPS) is 11.0. The molecule has 0 amide bonds. The maximum absolute atomic E-state index is 5.68. The Morgan fingerprint density at radius 2 is 2.05 bits per heavy atom. The van der Waals surface area contributed by atoms with Gasteiger partial charge in [0.2, 0.25) is 0 Å². The van der Waals surface area contributed by atoms with E-state index in [2.05, 4.69) is 40.8 Å². The van der Waals surface area contributed by atoms with Crippen LogP contribution in [-0.4, -0.2) is 22.7 Å². The third-order valence-corrected chi connectivity index (χ3v) is 3.16. The van der Waals surface area contributed by atoms with Crippen LogP contribution in [0.5, 0.6) is 5.75 Å². The molecular weight excluding hydrogens is 262 g/mol. The molecule has 4 heteroatoms. The van der Waals surface area contributed by atoms with Gasteiger partial charge in [-0.2, -0.15) is 0 Å². The molecule has 0 aliphatic carbocycles. The second kappa shape index (κ2) is 8.47. The van der Waals surface area contributed by atoms with Gasteiger partial charge < -0.3 is 14.6 Å². The van der Waals surface area contributed by atoms with Crippen LogP contribution in [0.2, 0.25) is 0 Å². The highest BCUT2D eigenvalue weighted by molar-refractivity contribution is 5.27. The van der Waals surface area contributed by atoms with E-state index in [0.717, 1.165) is 38.4 Å². The molecule has 0 fully saturated rings. The molecule has 0 saturated heterocycles. The molecule has 0 bridgehead atoms. The number of nitrogens with zero attached hydrogens (tertiary/aromatic N) is 2. The van der Waals surface area contributed by atoms with Crippen LogP contribution < -0.4 is 10.1 Å². The summed E-state index contributed by atoms with van der Waals surface area (Å²) in [5.41, 5.74) is 1.29. The molecule has 0 aliphatic heterocycles. The Morgan fingerprint density at radius 3 is 2.71 bits per heavy atom. The van der Waals surface area contributed by atoms with Gasteiger partial charge in [0.25, 0.3) is 0 Å². The lowest BCUT2D eigenvalue weighted by molar-refractivity contribution is 0.271. The molecule has 0 atom stereocenters. The van der Waals surface area contributed by atoms with Crippen LogP contribution in [0, 0.1) is 5.92 Å². The predicted octanol–water partition coefficient (Wildman–Crippen LogP) is 3.10. The van der Waals surface area contributed by atoms with Crippen LogP contribution in [0.15, 0.2) is 43.0 Å². The molecule has 1 aromatic carbocycles. The second-order valence-corrected chi connectivity index (χ2v) is 5.68. The van der Waals surface area contributed by atoms with Crippen LogP contribution in [0.4, 0.5) is 0 Å². The molecule has 0 saturated carbocycles. The first-order valence-electron chi connectivity index (χ1n) is 7.62. The Morgan fingerprint density at radius 1 is 1.24 bits per heavy atom. The minimum absolute atomic E-state index is 0.557. The molecule has 1 N–H and O–H groups in total. The Kier molecular flexibility index (Phi) is 6.28. The van der Waals surface area contributed by atoms with Gasteiger partial charge in [-0.15, -0.1) is 0 Å². The topological polar surface area (TPSA) is 39.1 Å². The van der Waals surface area contributed by atoms with Crippen LogP contribution in [0.25, 0.3) is 0 Å². The highest BCUT2D eigenvalue weighted by Crippen LogP contribution is 2.13. The van der Waals surface area contributed by atoms with Gasteiger partial charge in [-0.3, -0.25) is 0 Å². The number of ether oxygens (including phenoxy) is 1. The van der Waals surface area contributed by atoms with Crippen molar-refractivity contribution in [2.45, 2.75) is 33.4 Å². The lowest BCUT2D eigenvalue weighted by Gasteiger charge is -2.10. The maximum Gasteiger partial charge on any atom is 0.119 e. The highest BCUT2D eigenvalue weighted by atomic mass is 16.5. The molecule has 2 aromatic rings. The zero-order valence-electron chi connectivity index (χ0n) is 13.0. The van der Waals surface area contributed by atoms with E-state index in [1.165, 1.54) is 5.56 Å². The summed E-state index contributed by atoms with van der Waals surface area (Å²) in [6.07, 6.45) is 6.77. The minimum atomic E-state index is 0.557. The number of hydrogen-bond acceptors (Lipinski definition) is 3. The van der Waals surface area contributed by atoms with E-state index in [0.29, 0.717) is 5.92 Å². The Bertz CT molecular complexity index is 491. The van der Waals surface area contributed by atoms with E-state index in [-0.39, 0.29) is 0 Å². The molecular formula is C17H25N3O. The second-order valence-electron chi connectivity index (χ2n) is 5.68. The van der Waals surface area contributed by atoms with Crippen molar-refractivity contribution in [3.63, 3.8) is 0 Å². The van der Waals surface area contributed by atoms with E-state index < -0.39 is 0 Å². The minimum Gasteiger partial charge on any atom is -0.493 e. The lowest BCUT2D eigenvalue weighted by atomic mass is 10.2. The molecule has 21 heavy (non-hydrogen) atoms. The average molecular weight is 287 g/mol. The number of hydrogen-bond donors (Lipinski definition) is 1. The predicted molar refractivity (Wildman–Crippen MR) is 85.3 cm³/mol. The summed E-state index contributed by atoms with van der Waals surface area (Å²) in [7, 11) is 0. The van der Waals surface area contributed by atoms with Crippen molar-refractivity contribution in [3.05, 3.63) is 48.5 Å². The number of imidazole rings is 1. The smallest absolute Gasteiger partial charge is 0.119 e. The number of aryl methyl sites for hydroxylation is 1. The van der Waals surface area contributed by atoms with E-state index in [1.807, 2.05) is 30.9 Å². The fourth-order valence-corrected chi connectivity index (χ4v) is 2.00. The molecule has 4 nitrogen and oxygen atoms in total. The zero-order valence-corrected chi connectivity index (χ0v) is 13.0. The van der Waals surface area contributed by atoms with Gasteiger partial charge in [0, 0.05) is 25.5 Å². The fourth-order valence-electron chi connectivity index (χ4n) is 2.00. The monoisotopic (exact) mass is 287 g/mol.